The van der Waals surface area contributed by atoms with E-state index in [1.165, 1.54) is 0 Å². The van der Waals surface area contributed by atoms with E-state index in [1.54, 1.807) is 0 Å². The highest BCUT2D eigenvalue weighted by Crippen LogP contribution is 2.35. The second-order valence-corrected chi connectivity index (χ2v) is 3.33. The minimum absolute atomic E-state index is 0.0239. The van der Waals surface area contributed by atoms with Gasteiger partial charge in [0.2, 0.25) is 0 Å². The first-order valence-electron chi connectivity index (χ1n) is 3.23. The Bertz CT molecular complexity index is 396. The Labute approximate surface area is 93.7 Å². The van der Waals surface area contributed by atoms with Crippen molar-refractivity contribution in [2.24, 2.45) is 5.84 Å². The SMILES string of the molecule is NNc1nc(C(=O)O)c(Cl)c(Cl)c1Cl. The van der Waals surface area contributed by atoms with Gasteiger partial charge in [-0.1, -0.05) is 34.8 Å². The number of hydrogen-bond acceptors (Lipinski definition) is 4. The smallest absolute Gasteiger partial charge is 0.356 e. The van der Waals surface area contributed by atoms with Gasteiger partial charge in [0.05, 0.1) is 10.0 Å². The number of rotatable bonds is 2. The molecule has 0 bridgehead atoms. The van der Waals surface area contributed by atoms with E-state index in [1.807, 2.05) is 0 Å². The molecule has 1 heterocycles. The van der Waals surface area contributed by atoms with Crippen molar-refractivity contribution in [1.82, 2.24) is 4.98 Å². The highest BCUT2D eigenvalue weighted by Gasteiger charge is 2.19. The van der Waals surface area contributed by atoms with Crippen molar-refractivity contribution < 1.29 is 9.90 Å². The largest absolute Gasteiger partial charge is 0.476 e. The molecule has 0 amide bonds. The summed E-state index contributed by atoms with van der Waals surface area (Å²) < 4.78 is 0. The normalized spacial score (nSPS) is 10.0. The molecule has 14 heavy (non-hydrogen) atoms. The Morgan fingerprint density at radius 3 is 2.29 bits per heavy atom. The number of anilines is 1. The van der Waals surface area contributed by atoms with E-state index in [2.05, 4.69) is 10.4 Å². The summed E-state index contributed by atoms with van der Waals surface area (Å²) in [7, 11) is 0. The fraction of sp³-hybridized carbons (Fsp3) is 0. The number of nitrogens with zero attached hydrogens (tertiary/aromatic N) is 1. The predicted molar refractivity (Wildman–Crippen MR) is 54.0 cm³/mol. The van der Waals surface area contributed by atoms with Crippen LogP contribution in [-0.2, 0) is 0 Å². The Kier molecular flexibility index (Phi) is 3.38. The first-order valence-corrected chi connectivity index (χ1v) is 4.36. The van der Waals surface area contributed by atoms with Gasteiger partial charge in [-0.3, -0.25) is 0 Å². The summed E-state index contributed by atoms with van der Waals surface area (Å²) in [6.45, 7) is 0. The summed E-state index contributed by atoms with van der Waals surface area (Å²) in [6, 6.07) is 0. The molecule has 0 unspecified atom stereocenters. The zero-order valence-electron chi connectivity index (χ0n) is 6.51. The average molecular weight is 256 g/mol. The summed E-state index contributed by atoms with van der Waals surface area (Å²) in [4.78, 5) is 14.2. The maximum absolute atomic E-state index is 10.6. The number of aromatic nitrogens is 1. The number of pyridine rings is 1. The number of carboxylic acid groups (broad SMARTS) is 1. The van der Waals surface area contributed by atoms with Crippen LogP contribution in [0.3, 0.4) is 0 Å². The Balaban J connectivity index is 3.48. The molecule has 4 N–H and O–H groups in total. The summed E-state index contributed by atoms with van der Waals surface area (Å²) in [6.07, 6.45) is 0. The fourth-order valence-electron chi connectivity index (χ4n) is 0.752. The topological polar surface area (TPSA) is 88.2 Å². The highest BCUT2D eigenvalue weighted by atomic mass is 35.5. The molecule has 0 aromatic carbocycles. The molecule has 5 nitrogen and oxygen atoms in total. The number of carbonyl (C=O) groups is 1. The van der Waals surface area contributed by atoms with Crippen LogP contribution >= 0.6 is 34.8 Å². The van der Waals surface area contributed by atoms with Gasteiger partial charge in [0.1, 0.15) is 5.02 Å². The molecule has 0 fully saturated rings. The molecule has 0 atom stereocenters. The van der Waals surface area contributed by atoms with Gasteiger partial charge in [-0.05, 0) is 0 Å². The van der Waals surface area contributed by atoms with Crippen LogP contribution in [0.15, 0.2) is 0 Å². The predicted octanol–water partition coefficient (Wildman–Crippen LogP) is 2.03. The number of hydrazine groups is 1. The molecule has 8 heteroatoms. The molecule has 0 aliphatic carbocycles. The van der Waals surface area contributed by atoms with E-state index in [0.717, 1.165) is 0 Å². The van der Waals surface area contributed by atoms with E-state index >= 15 is 0 Å². The van der Waals surface area contributed by atoms with Crippen molar-refractivity contribution >= 4 is 46.6 Å². The summed E-state index contributed by atoms with van der Waals surface area (Å²) in [5, 5.41) is 8.34. The Morgan fingerprint density at radius 2 is 1.86 bits per heavy atom. The molecule has 0 aliphatic heterocycles. The van der Waals surface area contributed by atoms with Gasteiger partial charge < -0.3 is 10.5 Å². The van der Waals surface area contributed by atoms with Crippen LogP contribution in [0.5, 0.6) is 0 Å². The number of hydrogen-bond donors (Lipinski definition) is 3. The lowest BCUT2D eigenvalue weighted by Gasteiger charge is -2.07. The molecule has 0 saturated heterocycles. The molecule has 0 radical (unpaired) electrons. The quantitative estimate of drug-likeness (QED) is 0.556. The molecule has 0 saturated carbocycles. The minimum Gasteiger partial charge on any atom is -0.476 e. The van der Waals surface area contributed by atoms with Crippen molar-refractivity contribution in [3.8, 4) is 0 Å². The van der Waals surface area contributed by atoms with Crippen LogP contribution in [0.4, 0.5) is 5.82 Å². The van der Waals surface area contributed by atoms with Gasteiger partial charge in [0.25, 0.3) is 0 Å². The zero-order chi connectivity index (χ0) is 10.9. The Morgan fingerprint density at radius 1 is 1.29 bits per heavy atom. The number of nitrogens with one attached hydrogen (secondary N) is 1. The maximum atomic E-state index is 10.6. The van der Waals surface area contributed by atoms with E-state index in [9.17, 15) is 4.79 Å². The van der Waals surface area contributed by atoms with Crippen molar-refractivity contribution in [3.63, 3.8) is 0 Å². The monoisotopic (exact) mass is 255 g/mol. The maximum Gasteiger partial charge on any atom is 0.356 e. The van der Waals surface area contributed by atoms with Crippen molar-refractivity contribution in [2.75, 3.05) is 5.43 Å². The average Bonchev–Trinajstić information content (AvgIpc) is 2.14. The molecule has 1 aromatic heterocycles. The third-order valence-electron chi connectivity index (χ3n) is 1.36. The third kappa shape index (κ3) is 1.85. The Hall–Kier alpha value is -0.750. The van der Waals surface area contributed by atoms with E-state index in [-0.39, 0.29) is 20.9 Å². The molecule has 0 spiro atoms. The standard InChI is InChI=1S/C6H4Cl3N3O2/c7-1-2(8)4(6(13)14)11-5(12-10)3(1)9/h10H2,(H,11,12)(H,13,14). The molecular weight excluding hydrogens is 252 g/mol. The lowest BCUT2D eigenvalue weighted by Crippen LogP contribution is -2.12. The summed E-state index contributed by atoms with van der Waals surface area (Å²) in [5.74, 6) is 3.69. The second-order valence-electron chi connectivity index (χ2n) is 2.20. The fourth-order valence-corrected chi connectivity index (χ4v) is 1.39. The van der Waals surface area contributed by atoms with Crippen molar-refractivity contribution in [2.45, 2.75) is 0 Å². The van der Waals surface area contributed by atoms with Gasteiger partial charge in [0, 0.05) is 0 Å². The number of nitrogens with two attached hydrogens (primary N) is 1. The first kappa shape index (κ1) is 11.3. The lowest BCUT2D eigenvalue weighted by molar-refractivity contribution is 0.0691. The van der Waals surface area contributed by atoms with E-state index in [4.69, 9.17) is 45.8 Å². The van der Waals surface area contributed by atoms with Gasteiger partial charge in [-0.15, -0.1) is 0 Å². The zero-order valence-corrected chi connectivity index (χ0v) is 8.78. The lowest BCUT2D eigenvalue weighted by atomic mass is 10.3. The molecule has 0 aliphatic rings. The molecule has 76 valence electrons. The second kappa shape index (κ2) is 4.18. The number of nitrogen functional groups attached to an aromatic ring is 1. The molecule has 1 aromatic rings. The van der Waals surface area contributed by atoms with Crippen LogP contribution in [-0.4, -0.2) is 16.1 Å². The van der Waals surface area contributed by atoms with Crippen LogP contribution in [0.25, 0.3) is 0 Å². The molecular formula is C6H4Cl3N3O2. The van der Waals surface area contributed by atoms with Crippen molar-refractivity contribution in [3.05, 3.63) is 20.8 Å². The van der Waals surface area contributed by atoms with E-state index < -0.39 is 11.7 Å². The van der Waals surface area contributed by atoms with Crippen LogP contribution in [0.1, 0.15) is 10.5 Å². The summed E-state index contributed by atoms with van der Waals surface area (Å²) >= 11 is 16.9. The van der Waals surface area contributed by atoms with Crippen LogP contribution in [0, 0.1) is 0 Å². The number of carboxylic acids is 1. The minimum atomic E-state index is -1.31. The van der Waals surface area contributed by atoms with Crippen LogP contribution in [0.2, 0.25) is 15.1 Å². The van der Waals surface area contributed by atoms with Gasteiger partial charge >= 0.3 is 5.97 Å². The van der Waals surface area contributed by atoms with Crippen molar-refractivity contribution in [1.29, 1.82) is 0 Å². The summed E-state index contributed by atoms with van der Waals surface area (Å²) in [5.41, 5.74) is 1.70. The highest BCUT2D eigenvalue weighted by molar-refractivity contribution is 6.49. The third-order valence-corrected chi connectivity index (χ3v) is 2.67. The number of halogens is 3. The number of aromatic carboxylic acids is 1. The molecule has 1 rings (SSSR count). The van der Waals surface area contributed by atoms with Gasteiger partial charge in [0.15, 0.2) is 11.5 Å². The van der Waals surface area contributed by atoms with E-state index in [0.29, 0.717) is 0 Å². The van der Waals surface area contributed by atoms with Gasteiger partial charge in [-0.2, -0.15) is 0 Å². The van der Waals surface area contributed by atoms with Crippen LogP contribution < -0.4 is 11.3 Å². The first-order chi connectivity index (χ1) is 6.49. The van der Waals surface area contributed by atoms with Gasteiger partial charge in [-0.25, -0.2) is 15.6 Å².